The Morgan fingerprint density at radius 3 is 2.76 bits per heavy atom. The first-order valence-electron chi connectivity index (χ1n) is 5.58. The molecule has 2 rings (SSSR count). The largest absolute Gasteiger partial charge is 0.324 e. The molecule has 0 saturated heterocycles. The molecule has 2 N–H and O–H groups in total. The number of benzene rings is 1. The predicted molar refractivity (Wildman–Crippen MR) is 73.7 cm³/mol. The van der Waals surface area contributed by atoms with Crippen LogP contribution in [0.15, 0.2) is 47.1 Å². The highest BCUT2D eigenvalue weighted by Crippen LogP contribution is 2.17. The Bertz CT molecular complexity index is 494. The third-order valence-electron chi connectivity index (χ3n) is 2.69. The number of rotatable bonds is 3. The third-order valence-corrected chi connectivity index (χ3v) is 3.16. The van der Waals surface area contributed by atoms with Gasteiger partial charge in [0.05, 0.1) is 0 Å². The highest BCUT2D eigenvalue weighted by Gasteiger charge is 2.07. The van der Waals surface area contributed by atoms with E-state index >= 15 is 0 Å². The zero-order valence-electron chi connectivity index (χ0n) is 9.73. The maximum Gasteiger partial charge on any atom is 0.0423 e. The third kappa shape index (κ3) is 3.38. The van der Waals surface area contributed by atoms with Gasteiger partial charge < -0.3 is 5.73 Å². The maximum absolute atomic E-state index is 6.18. The van der Waals surface area contributed by atoms with Gasteiger partial charge in [0, 0.05) is 28.8 Å². The Hall–Kier alpha value is -1.19. The summed E-state index contributed by atoms with van der Waals surface area (Å²) in [6.07, 6.45) is 2.56. The van der Waals surface area contributed by atoms with Gasteiger partial charge in [-0.15, -0.1) is 0 Å². The van der Waals surface area contributed by atoms with Crippen molar-refractivity contribution < 1.29 is 0 Å². The van der Waals surface area contributed by atoms with E-state index in [1.54, 1.807) is 6.20 Å². The molecule has 1 unspecified atom stereocenters. The van der Waals surface area contributed by atoms with Crippen LogP contribution in [-0.4, -0.2) is 4.98 Å². The lowest BCUT2D eigenvalue weighted by Crippen LogP contribution is -2.14. The van der Waals surface area contributed by atoms with Crippen molar-refractivity contribution in [3.8, 4) is 0 Å². The second kappa shape index (κ2) is 5.43. The summed E-state index contributed by atoms with van der Waals surface area (Å²) in [5.74, 6) is 0. The summed E-state index contributed by atoms with van der Waals surface area (Å²) in [6, 6.07) is 12.3. The fraction of sp³-hybridized carbons (Fsp3) is 0.214. The number of aromatic nitrogens is 1. The van der Waals surface area contributed by atoms with Crippen molar-refractivity contribution in [3.63, 3.8) is 0 Å². The number of hydrogen-bond acceptors (Lipinski definition) is 2. The Kier molecular flexibility index (Phi) is 3.92. The Balaban J connectivity index is 2.11. The Morgan fingerprint density at radius 1 is 1.29 bits per heavy atom. The van der Waals surface area contributed by atoms with Crippen LogP contribution in [0.4, 0.5) is 0 Å². The van der Waals surface area contributed by atoms with Gasteiger partial charge in [0.1, 0.15) is 0 Å². The van der Waals surface area contributed by atoms with Gasteiger partial charge in [-0.05, 0) is 40.5 Å². The molecule has 1 aromatic heterocycles. The Morgan fingerprint density at radius 2 is 2.12 bits per heavy atom. The molecule has 1 atom stereocenters. The van der Waals surface area contributed by atoms with Crippen LogP contribution >= 0.6 is 15.9 Å². The van der Waals surface area contributed by atoms with Crippen molar-refractivity contribution in [1.29, 1.82) is 0 Å². The molecule has 0 aliphatic carbocycles. The van der Waals surface area contributed by atoms with Crippen LogP contribution < -0.4 is 5.73 Å². The van der Waals surface area contributed by atoms with Crippen molar-refractivity contribution >= 4 is 15.9 Å². The van der Waals surface area contributed by atoms with Crippen LogP contribution in [0.1, 0.15) is 22.9 Å². The number of nitrogens with two attached hydrogens (primary N) is 1. The standard InChI is InChI=1S/C14H15BrN2/c1-10-3-2-4-11(7-10)14(16)8-13-6-5-12(15)9-17-13/h2-7,9,14H,8,16H2,1H3. The molecule has 88 valence electrons. The topological polar surface area (TPSA) is 38.9 Å². The van der Waals surface area contributed by atoms with Gasteiger partial charge in [-0.2, -0.15) is 0 Å². The molecule has 0 fully saturated rings. The predicted octanol–water partition coefficient (Wildman–Crippen LogP) is 3.40. The zero-order chi connectivity index (χ0) is 12.3. The summed E-state index contributed by atoms with van der Waals surface area (Å²) in [7, 11) is 0. The van der Waals surface area contributed by atoms with E-state index in [0.29, 0.717) is 0 Å². The zero-order valence-corrected chi connectivity index (χ0v) is 11.3. The molecule has 2 aromatic rings. The van der Waals surface area contributed by atoms with Crippen LogP contribution in [0.3, 0.4) is 0 Å². The van der Waals surface area contributed by atoms with E-state index in [4.69, 9.17) is 5.73 Å². The minimum absolute atomic E-state index is 0.00331. The highest BCUT2D eigenvalue weighted by atomic mass is 79.9. The molecule has 0 amide bonds. The van der Waals surface area contributed by atoms with Gasteiger partial charge in [0.25, 0.3) is 0 Å². The number of aryl methyl sites for hydroxylation is 1. The van der Waals surface area contributed by atoms with Crippen molar-refractivity contribution in [3.05, 3.63) is 63.9 Å². The lowest BCUT2D eigenvalue weighted by molar-refractivity contribution is 0.705. The average molecular weight is 291 g/mol. The Labute approximate surface area is 110 Å². The van der Waals surface area contributed by atoms with E-state index in [1.165, 1.54) is 5.56 Å². The second-order valence-electron chi connectivity index (χ2n) is 4.19. The van der Waals surface area contributed by atoms with E-state index in [0.717, 1.165) is 22.2 Å². The van der Waals surface area contributed by atoms with E-state index in [1.807, 2.05) is 18.2 Å². The van der Waals surface area contributed by atoms with Crippen LogP contribution in [0.5, 0.6) is 0 Å². The number of pyridine rings is 1. The lowest BCUT2D eigenvalue weighted by Gasteiger charge is -2.12. The smallest absolute Gasteiger partial charge is 0.0423 e. The highest BCUT2D eigenvalue weighted by molar-refractivity contribution is 9.10. The number of halogens is 1. The van der Waals surface area contributed by atoms with Crippen LogP contribution in [-0.2, 0) is 6.42 Å². The van der Waals surface area contributed by atoms with Gasteiger partial charge in [-0.3, -0.25) is 4.98 Å². The second-order valence-corrected chi connectivity index (χ2v) is 5.11. The monoisotopic (exact) mass is 290 g/mol. The van der Waals surface area contributed by atoms with Crippen LogP contribution in [0.25, 0.3) is 0 Å². The molecule has 0 aliphatic heterocycles. The molecule has 3 heteroatoms. The molecule has 0 bridgehead atoms. The number of nitrogens with zero attached hydrogens (tertiary/aromatic N) is 1. The van der Waals surface area contributed by atoms with E-state index in [-0.39, 0.29) is 6.04 Å². The maximum atomic E-state index is 6.18. The molecule has 17 heavy (non-hydrogen) atoms. The first-order valence-corrected chi connectivity index (χ1v) is 6.37. The van der Waals surface area contributed by atoms with Gasteiger partial charge >= 0.3 is 0 Å². The molecule has 0 saturated carbocycles. The molecule has 2 nitrogen and oxygen atoms in total. The molecule has 0 spiro atoms. The summed E-state index contributed by atoms with van der Waals surface area (Å²) in [4.78, 5) is 4.34. The SMILES string of the molecule is Cc1cccc(C(N)Cc2ccc(Br)cn2)c1. The van der Waals surface area contributed by atoms with Crippen LogP contribution in [0.2, 0.25) is 0 Å². The lowest BCUT2D eigenvalue weighted by atomic mass is 10.0. The molecular formula is C14H15BrN2. The van der Waals surface area contributed by atoms with E-state index in [2.05, 4.69) is 46.0 Å². The quantitative estimate of drug-likeness (QED) is 0.941. The summed E-state index contributed by atoms with van der Waals surface area (Å²) in [6.45, 7) is 2.08. The van der Waals surface area contributed by atoms with Crippen molar-refractivity contribution in [2.45, 2.75) is 19.4 Å². The summed E-state index contributed by atoms with van der Waals surface area (Å²) in [5.41, 5.74) is 9.60. The fourth-order valence-corrected chi connectivity index (χ4v) is 2.01. The number of hydrogen-bond donors (Lipinski definition) is 1. The van der Waals surface area contributed by atoms with Crippen molar-refractivity contribution in [2.24, 2.45) is 5.73 Å². The van der Waals surface area contributed by atoms with E-state index < -0.39 is 0 Å². The van der Waals surface area contributed by atoms with Gasteiger partial charge in [-0.25, -0.2) is 0 Å². The minimum atomic E-state index is 0.00331. The van der Waals surface area contributed by atoms with Crippen molar-refractivity contribution in [1.82, 2.24) is 4.98 Å². The molecule has 0 aliphatic rings. The molecule has 0 radical (unpaired) electrons. The summed E-state index contributed by atoms with van der Waals surface area (Å²) < 4.78 is 0.991. The molecule has 1 heterocycles. The van der Waals surface area contributed by atoms with Gasteiger partial charge in [0.15, 0.2) is 0 Å². The first kappa shape index (κ1) is 12.3. The first-order chi connectivity index (χ1) is 8.15. The van der Waals surface area contributed by atoms with Crippen molar-refractivity contribution in [2.75, 3.05) is 0 Å². The normalized spacial score (nSPS) is 12.4. The summed E-state index contributed by atoms with van der Waals surface area (Å²) >= 11 is 3.37. The molecule has 1 aromatic carbocycles. The molecular weight excluding hydrogens is 276 g/mol. The van der Waals surface area contributed by atoms with E-state index in [9.17, 15) is 0 Å². The average Bonchev–Trinajstić information content (AvgIpc) is 2.32. The summed E-state index contributed by atoms with van der Waals surface area (Å²) in [5, 5.41) is 0. The van der Waals surface area contributed by atoms with Crippen LogP contribution in [0, 0.1) is 6.92 Å². The van der Waals surface area contributed by atoms with Gasteiger partial charge in [0.2, 0.25) is 0 Å². The fourth-order valence-electron chi connectivity index (χ4n) is 1.77. The minimum Gasteiger partial charge on any atom is -0.324 e. The van der Waals surface area contributed by atoms with Gasteiger partial charge in [-0.1, -0.05) is 29.8 Å².